The number of carbonyl (C=O) groups excluding carboxylic acids is 7. The summed E-state index contributed by atoms with van der Waals surface area (Å²) in [6.07, 6.45) is 40.2. The first-order chi connectivity index (χ1) is 64.5. The number of aldehydes is 1. The van der Waals surface area contributed by atoms with E-state index in [0.29, 0.717) is 133 Å². The van der Waals surface area contributed by atoms with Crippen LogP contribution in [0.15, 0.2) is 172 Å². The second-order valence-electron chi connectivity index (χ2n) is 37.2. The predicted octanol–water partition coefficient (Wildman–Crippen LogP) is 14.5. The molecule has 0 fully saturated rings. The fourth-order valence-corrected chi connectivity index (χ4v) is 13.6. The number of fused-ring (bicyclic) bond motifs is 6. The largest absolute Gasteiger partial charge is 0.461 e. The molecule has 5 aliphatic rings. The van der Waals surface area contributed by atoms with Crippen LogP contribution in [0.5, 0.6) is 0 Å². The molecule has 17 rings (SSSR count). The van der Waals surface area contributed by atoms with Crippen molar-refractivity contribution in [2.45, 2.75) is 243 Å². The van der Waals surface area contributed by atoms with Crippen molar-refractivity contribution in [3.8, 4) is 0 Å². The Labute approximate surface area is 819 Å². The third-order valence-corrected chi connectivity index (χ3v) is 19.9. The molecule has 17 heterocycles. The van der Waals surface area contributed by atoms with Crippen molar-refractivity contribution < 1.29 is 87.5 Å². The van der Waals surface area contributed by atoms with Crippen molar-refractivity contribution in [1.29, 1.82) is 0 Å². The van der Waals surface area contributed by atoms with Gasteiger partial charge in [-0.05, 0) is 214 Å². The molecule has 40 heteroatoms. The molecule has 138 heavy (non-hydrogen) atoms. The molecule has 39 nitrogen and oxygen atoms in total. The van der Waals surface area contributed by atoms with E-state index in [9.17, 15) is 38.7 Å². The van der Waals surface area contributed by atoms with Crippen LogP contribution in [0.25, 0.3) is 17.8 Å². The van der Waals surface area contributed by atoms with E-state index in [2.05, 4.69) is 75.1 Å². The molecule has 0 aliphatic carbocycles. The van der Waals surface area contributed by atoms with Crippen LogP contribution in [0.2, 0.25) is 0 Å². The minimum Gasteiger partial charge on any atom is -0.461 e. The average molecular weight is 1990 g/mol. The van der Waals surface area contributed by atoms with Gasteiger partial charge < -0.3 is 73.9 Å². The number of esters is 1. The van der Waals surface area contributed by atoms with E-state index in [0.717, 1.165) is 77.3 Å². The quantitative estimate of drug-likeness (QED) is 0.0399. The van der Waals surface area contributed by atoms with Gasteiger partial charge in [-0.1, -0.05) is 6.08 Å². The third-order valence-electron chi connectivity index (χ3n) is 19.9. The second-order valence-corrected chi connectivity index (χ2v) is 37.2. The first-order valence-corrected chi connectivity index (χ1v) is 44.9. The Hall–Kier alpha value is -14.0. The summed E-state index contributed by atoms with van der Waals surface area (Å²) in [5.74, 6) is 3.97. The summed E-state index contributed by atoms with van der Waals surface area (Å²) in [6, 6.07) is 15.6. The summed E-state index contributed by atoms with van der Waals surface area (Å²) in [5, 5.41) is 10.4. The number of nitrogen functional groups attached to an aromatic ring is 1. The average Bonchev–Trinajstić information content (AvgIpc) is 1.71. The summed E-state index contributed by atoms with van der Waals surface area (Å²) in [7, 11) is 0. The molecule has 1 atom stereocenters. The molecule has 5 amide bonds. The number of aliphatic hydroxyl groups excluding tert-OH is 1. The standard InChI is InChI=1S/C18H24N4O3.C18H24N4O2.C18H22N4O2.C14H21N3O4.C12H17N3O3.C7H7N3.C6H7N.C4H5N3.CH3.Pd/c1-18(2,3)25-17(24)22-9-8-21-11-14(20-16(21)12-22)15(23)10-13-4-6-19-7-5-13;2*1-18(2,3)24-17(23)22-11-10-21-12-15(20-16(21)13-22)5-4-14-6-8-19-9-7-14;1-5-20-12(18)10-8-16-6-7-17(9-11(16)15-10)13(19)21-14(2,3)4;1-12(2,3)18-11(17)15-5-4-14-6-9(8-16)13-10(14)7-15;1-6-5-10-3-2-8-4-7(10)9-6;1-6-2-4-7-5-3-6;5-4-3-6-1-2-7-4;;/h4-7,11,15,23H,8-10,12H2,1-3H3;6-9,12H,4-5,10-11,13H2,1-3H3;4-9,12H,10-11,13H2,1-3H3;8H,5-7,9H2,1-4H3;6,8H,4-5,7H2,1-3H3;2-5H,1H3;2-5H,1H3;1-3H,(H2,5,7);1H3;/q;;;;;;;;-1;/b;;5-4+;;;;;;;. The van der Waals surface area contributed by atoms with E-state index in [1.54, 1.807) is 106 Å². The third kappa shape index (κ3) is 36.2. The first kappa shape index (κ1) is 109. The monoisotopic (exact) mass is 1990 g/mol. The van der Waals surface area contributed by atoms with Gasteiger partial charge in [0.05, 0.1) is 74.5 Å². The van der Waals surface area contributed by atoms with Gasteiger partial charge in [0.25, 0.3) is 0 Å². The number of aryl methyl sites for hydroxylation is 4. The summed E-state index contributed by atoms with van der Waals surface area (Å²) in [4.78, 5) is 145. The molecule has 0 saturated heterocycles. The van der Waals surface area contributed by atoms with E-state index < -0.39 is 40.1 Å². The van der Waals surface area contributed by atoms with Gasteiger partial charge in [0, 0.05) is 204 Å². The maximum absolute atomic E-state index is 12.2. The van der Waals surface area contributed by atoms with Crippen LogP contribution in [-0.2, 0) is 134 Å². The van der Waals surface area contributed by atoms with Crippen molar-refractivity contribution in [3.05, 3.63) is 265 Å². The van der Waals surface area contributed by atoms with Crippen LogP contribution in [0.4, 0.5) is 29.8 Å². The van der Waals surface area contributed by atoms with Gasteiger partial charge in [0.15, 0.2) is 17.6 Å². The minimum absolute atomic E-state index is 0. The van der Waals surface area contributed by atoms with Gasteiger partial charge in [-0.2, -0.15) is 0 Å². The van der Waals surface area contributed by atoms with Crippen molar-refractivity contribution in [3.63, 3.8) is 0 Å². The number of hydrogen-bond acceptors (Lipinski definition) is 28. The summed E-state index contributed by atoms with van der Waals surface area (Å²) in [5.41, 5.74) is 12.4. The molecule has 3 N–H and O–H groups in total. The normalized spacial score (nSPS) is 13.7. The van der Waals surface area contributed by atoms with Crippen LogP contribution in [0.1, 0.15) is 212 Å². The number of pyridine rings is 4. The van der Waals surface area contributed by atoms with Crippen LogP contribution in [-0.4, -0.2) is 232 Å². The van der Waals surface area contributed by atoms with Gasteiger partial charge in [-0.3, -0.25) is 59.2 Å². The smallest absolute Gasteiger partial charge is 0.410 e. The number of nitrogens with zero attached hydrogens (tertiary/aromatic N) is 24. The van der Waals surface area contributed by atoms with Crippen LogP contribution in [0, 0.1) is 21.3 Å². The van der Waals surface area contributed by atoms with Crippen LogP contribution >= 0.6 is 0 Å². The molecule has 742 valence electrons. The van der Waals surface area contributed by atoms with Crippen molar-refractivity contribution in [2.24, 2.45) is 0 Å². The topological polar surface area (TPSA) is 434 Å². The Balaban J connectivity index is 0.000000199. The Morgan fingerprint density at radius 2 is 0.826 bits per heavy atom. The number of imidazole rings is 6. The fourth-order valence-electron chi connectivity index (χ4n) is 13.6. The van der Waals surface area contributed by atoms with Crippen LogP contribution < -0.4 is 5.73 Å². The van der Waals surface area contributed by atoms with Crippen molar-refractivity contribution in [1.82, 2.24) is 117 Å². The first-order valence-electron chi connectivity index (χ1n) is 44.9. The zero-order valence-electron chi connectivity index (χ0n) is 82.3. The zero-order chi connectivity index (χ0) is 98.5. The van der Waals surface area contributed by atoms with E-state index >= 15 is 0 Å². The van der Waals surface area contributed by atoms with Gasteiger partial charge in [-0.25, -0.2) is 63.7 Å². The summed E-state index contributed by atoms with van der Waals surface area (Å²) in [6.45, 7) is 42.2. The molecular formula is C98H130N25O14Pd-. The molecule has 0 aromatic carbocycles. The van der Waals surface area contributed by atoms with E-state index in [-0.39, 0.29) is 64.0 Å². The molecule has 0 bridgehead atoms. The maximum atomic E-state index is 12.2. The van der Waals surface area contributed by atoms with Gasteiger partial charge in [-0.15, -0.1) is 0 Å². The Bertz CT molecular complexity index is 5820. The molecule has 1 unspecified atom stereocenters. The molecule has 0 saturated carbocycles. The minimum atomic E-state index is -0.685. The van der Waals surface area contributed by atoms with Crippen LogP contribution in [0.3, 0.4) is 0 Å². The molecule has 0 spiro atoms. The summed E-state index contributed by atoms with van der Waals surface area (Å²) < 4.78 is 43.8. The molecule has 12 aromatic heterocycles. The molecule has 5 aliphatic heterocycles. The predicted molar refractivity (Wildman–Crippen MR) is 513 cm³/mol. The molecule has 0 radical (unpaired) electrons. The van der Waals surface area contributed by atoms with Gasteiger partial charge >= 0.3 is 36.4 Å². The van der Waals surface area contributed by atoms with E-state index in [1.807, 2.05) is 234 Å². The number of carbonyl (C=O) groups is 7. The number of nitrogens with two attached hydrogens (primary N) is 1. The second kappa shape index (κ2) is 50.7. The maximum Gasteiger partial charge on any atom is 0.410 e. The zero-order valence-corrected chi connectivity index (χ0v) is 83.8. The number of aliphatic hydroxyl groups is 1. The van der Waals surface area contributed by atoms with E-state index in [1.165, 1.54) is 17.3 Å². The van der Waals surface area contributed by atoms with Gasteiger partial charge in [0.2, 0.25) is 0 Å². The van der Waals surface area contributed by atoms with Crippen molar-refractivity contribution in [2.75, 3.05) is 45.1 Å². The number of aromatic nitrogens is 19. The van der Waals surface area contributed by atoms with E-state index in [4.69, 9.17) is 39.1 Å². The summed E-state index contributed by atoms with van der Waals surface area (Å²) >= 11 is 0. The Kier molecular flexibility index (Phi) is 40.2. The number of amides is 5. The van der Waals surface area contributed by atoms with Gasteiger partial charge in [0.1, 0.15) is 74.7 Å². The Morgan fingerprint density at radius 3 is 1.24 bits per heavy atom. The Morgan fingerprint density at radius 1 is 0.428 bits per heavy atom. The SMILES string of the molecule is CC(C)(C)OC(=O)N1CCn2cc(/C=C/c3ccncc3)nc2C1.CC(C)(C)OC(=O)N1CCn2cc(C(O)Cc3ccncc3)nc2C1.CC(C)(C)OC(=O)N1CCn2cc(C=O)nc2C1.CC(C)(C)OC(=O)N1CCn2cc(CCc3ccncc3)nc2C1.CCOC(=O)c1cn2c(n1)CN(C(=O)OC(C)(C)C)CC2.Cc1ccncc1.Cc1cn2ccncc2n1.Nc1cnccn1.[CH3-].[Pd]. The van der Waals surface area contributed by atoms with Crippen molar-refractivity contribution >= 4 is 66.3 Å². The molecule has 12 aromatic rings. The number of rotatable bonds is 11. The number of ether oxygens (including phenoxy) is 6. The fraction of sp³-hybridized carbons (Fsp3) is 0.439. The molecular weight excluding hydrogens is 1860 g/mol. The number of hydrogen-bond donors (Lipinski definition) is 2. The number of anilines is 1.